The van der Waals surface area contributed by atoms with Gasteiger partial charge in [0, 0.05) is 13.1 Å². The Labute approximate surface area is 213 Å². The first-order valence-corrected chi connectivity index (χ1v) is 13.1. The molecule has 2 bridgehead atoms. The standard InChI is InChI=1S/C28H38N2O6/c1-5-15-29(16-19-11-9-8-10-12-19)26(33)24-28-14-13-21(36-28)22(27(34)35-7-3)23(28)25(32)30(24)20(17-31)18(4)6-2/h5,8-12,18,20-24,31H,1,6-7,13-17H2,2-4H3/t18-,20-,21-,22+,23-,24?,28?/m0/s1. The SMILES string of the molecule is C=CCN(Cc1ccccc1)C(=O)C1N([C@@H](CO)[C@@H](C)CC)C(=O)[C@@H]2[C@H](C(=O)OCC)[C@@H]3CCC12O3. The molecule has 2 amide bonds. The Hall–Kier alpha value is -2.71. The van der Waals surface area contributed by atoms with Crippen molar-refractivity contribution in [1.29, 1.82) is 0 Å². The molecule has 8 nitrogen and oxygen atoms in total. The van der Waals surface area contributed by atoms with Gasteiger partial charge in [-0.05, 0) is 31.2 Å². The van der Waals surface area contributed by atoms with Crippen molar-refractivity contribution < 1.29 is 29.0 Å². The molecule has 3 fully saturated rings. The van der Waals surface area contributed by atoms with Crippen molar-refractivity contribution in [2.45, 2.75) is 70.4 Å². The average molecular weight is 499 g/mol. The summed E-state index contributed by atoms with van der Waals surface area (Å²) in [5.41, 5.74) is -0.160. The molecular weight excluding hydrogens is 460 g/mol. The first kappa shape index (κ1) is 26.4. The van der Waals surface area contributed by atoms with E-state index in [4.69, 9.17) is 9.47 Å². The maximum Gasteiger partial charge on any atom is 0.312 e. The van der Waals surface area contributed by atoms with Gasteiger partial charge in [-0.2, -0.15) is 0 Å². The van der Waals surface area contributed by atoms with E-state index in [1.54, 1.807) is 22.8 Å². The third-order valence-electron chi connectivity index (χ3n) is 8.25. The zero-order valence-electron chi connectivity index (χ0n) is 21.5. The van der Waals surface area contributed by atoms with Gasteiger partial charge < -0.3 is 24.4 Å². The number of ether oxygens (including phenoxy) is 2. The van der Waals surface area contributed by atoms with Gasteiger partial charge in [0.05, 0.1) is 37.2 Å². The highest BCUT2D eigenvalue weighted by Crippen LogP contribution is 2.59. The van der Waals surface area contributed by atoms with Crippen LogP contribution in [-0.4, -0.2) is 76.2 Å². The Morgan fingerprint density at radius 3 is 2.67 bits per heavy atom. The first-order chi connectivity index (χ1) is 17.3. The third-order valence-corrected chi connectivity index (χ3v) is 8.25. The van der Waals surface area contributed by atoms with Gasteiger partial charge in [-0.15, -0.1) is 6.58 Å². The Morgan fingerprint density at radius 1 is 1.33 bits per heavy atom. The molecule has 0 aromatic heterocycles. The van der Waals surface area contributed by atoms with Gasteiger partial charge in [-0.1, -0.05) is 56.7 Å². The Bertz CT molecular complexity index is 984. The van der Waals surface area contributed by atoms with Crippen LogP contribution in [0.15, 0.2) is 43.0 Å². The minimum Gasteiger partial charge on any atom is -0.466 e. The van der Waals surface area contributed by atoms with E-state index in [1.165, 1.54) is 0 Å². The molecule has 36 heavy (non-hydrogen) atoms. The van der Waals surface area contributed by atoms with Crippen molar-refractivity contribution in [2.24, 2.45) is 17.8 Å². The molecule has 0 aliphatic carbocycles. The molecule has 1 aromatic carbocycles. The zero-order chi connectivity index (χ0) is 26.0. The van der Waals surface area contributed by atoms with E-state index in [9.17, 15) is 19.5 Å². The molecule has 1 spiro atoms. The summed E-state index contributed by atoms with van der Waals surface area (Å²) in [4.78, 5) is 44.7. The summed E-state index contributed by atoms with van der Waals surface area (Å²) in [7, 11) is 0. The number of aliphatic hydroxyl groups is 1. The monoisotopic (exact) mass is 498 g/mol. The number of nitrogens with zero attached hydrogens (tertiary/aromatic N) is 2. The summed E-state index contributed by atoms with van der Waals surface area (Å²) >= 11 is 0. The van der Waals surface area contributed by atoms with E-state index in [0.717, 1.165) is 12.0 Å². The van der Waals surface area contributed by atoms with Crippen LogP contribution < -0.4 is 0 Å². The lowest BCUT2D eigenvalue weighted by atomic mass is 9.70. The second-order valence-electron chi connectivity index (χ2n) is 10.2. The molecule has 3 heterocycles. The molecule has 196 valence electrons. The van der Waals surface area contributed by atoms with E-state index in [2.05, 4.69) is 6.58 Å². The van der Waals surface area contributed by atoms with Crippen molar-refractivity contribution >= 4 is 17.8 Å². The fourth-order valence-electron chi connectivity index (χ4n) is 6.41. The number of aliphatic hydroxyl groups excluding tert-OH is 1. The van der Waals surface area contributed by atoms with Crippen LogP contribution in [0.1, 0.15) is 45.6 Å². The second-order valence-corrected chi connectivity index (χ2v) is 10.2. The van der Waals surface area contributed by atoms with Crippen LogP contribution in [0.2, 0.25) is 0 Å². The van der Waals surface area contributed by atoms with Gasteiger partial charge in [0.2, 0.25) is 11.8 Å². The molecule has 0 saturated carbocycles. The van der Waals surface area contributed by atoms with Crippen molar-refractivity contribution in [3.05, 3.63) is 48.6 Å². The summed E-state index contributed by atoms with van der Waals surface area (Å²) in [6.07, 6.45) is 3.03. The van der Waals surface area contributed by atoms with Crippen molar-refractivity contribution in [3.8, 4) is 0 Å². The minimum absolute atomic E-state index is 0.0512. The Balaban J connectivity index is 1.78. The fourth-order valence-corrected chi connectivity index (χ4v) is 6.41. The van der Waals surface area contributed by atoms with Crippen LogP contribution in [0.5, 0.6) is 0 Å². The first-order valence-electron chi connectivity index (χ1n) is 13.1. The quantitative estimate of drug-likeness (QED) is 0.372. The van der Waals surface area contributed by atoms with E-state index in [1.807, 2.05) is 44.2 Å². The van der Waals surface area contributed by atoms with E-state index in [-0.39, 0.29) is 30.9 Å². The maximum atomic E-state index is 14.4. The lowest BCUT2D eigenvalue weighted by molar-refractivity contribution is -0.157. The smallest absolute Gasteiger partial charge is 0.312 e. The predicted molar refractivity (Wildman–Crippen MR) is 133 cm³/mol. The molecule has 0 radical (unpaired) electrons. The lowest BCUT2D eigenvalue weighted by Gasteiger charge is -2.41. The molecule has 2 unspecified atom stereocenters. The number of hydrogen-bond acceptors (Lipinski definition) is 6. The molecule has 7 atom stereocenters. The number of hydrogen-bond donors (Lipinski definition) is 1. The average Bonchev–Trinajstić information content (AvgIpc) is 3.52. The summed E-state index contributed by atoms with van der Waals surface area (Å²) in [5, 5.41) is 10.4. The number of benzene rings is 1. The predicted octanol–water partition coefficient (Wildman–Crippen LogP) is 2.55. The fraction of sp³-hybridized carbons (Fsp3) is 0.607. The highest BCUT2D eigenvalue weighted by molar-refractivity contribution is 5.98. The molecule has 4 rings (SSSR count). The summed E-state index contributed by atoms with van der Waals surface area (Å²) in [6.45, 7) is 10.1. The number of likely N-dealkylation sites (tertiary alicyclic amines) is 1. The number of carbonyl (C=O) groups is 3. The zero-order valence-corrected chi connectivity index (χ0v) is 21.5. The summed E-state index contributed by atoms with van der Waals surface area (Å²) in [5.74, 6) is -2.60. The third kappa shape index (κ3) is 4.24. The number of rotatable bonds is 11. The van der Waals surface area contributed by atoms with Gasteiger partial charge in [0.25, 0.3) is 0 Å². The van der Waals surface area contributed by atoms with Crippen LogP contribution >= 0.6 is 0 Å². The van der Waals surface area contributed by atoms with Crippen LogP contribution in [0.4, 0.5) is 0 Å². The van der Waals surface area contributed by atoms with Gasteiger partial charge >= 0.3 is 5.97 Å². The number of esters is 1. The van der Waals surface area contributed by atoms with Crippen molar-refractivity contribution in [2.75, 3.05) is 19.8 Å². The van der Waals surface area contributed by atoms with Gasteiger partial charge in [0.1, 0.15) is 11.6 Å². The molecular formula is C28H38N2O6. The van der Waals surface area contributed by atoms with Gasteiger partial charge in [-0.25, -0.2) is 0 Å². The Kier molecular flexibility index (Phi) is 7.85. The normalized spacial score (nSPS) is 30.1. The molecule has 1 N–H and O–H groups in total. The van der Waals surface area contributed by atoms with E-state index >= 15 is 0 Å². The number of carbonyl (C=O) groups excluding carboxylic acids is 3. The van der Waals surface area contributed by atoms with Crippen LogP contribution in [0.3, 0.4) is 0 Å². The van der Waals surface area contributed by atoms with Gasteiger partial charge in [0.15, 0.2) is 0 Å². The Morgan fingerprint density at radius 2 is 2.06 bits per heavy atom. The van der Waals surface area contributed by atoms with Crippen molar-refractivity contribution in [3.63, 3.8) is 0 Å². The minimum atomic E-state index is -1.12. The molecule has 3 saturated heterocycles. The van der Waals surface area contributed by atoms with Crippen LogP contribution in [-0.2, 0) is 30.4 Å². The molecule has 1 aromatic rings. The topological polar surface area (TPSA) is 96.4 Å². The van der Waals surface area contributed by atoms with E-state index in [0.29, 0.717) is 25.9 Å². The summed E-state index contributed by atoms with van der Waals surface area (Å²) < 4.78 is 11.8. The largest absolute Gasteiger partial charge is 0.466 e. The van der Waals surface area contributed by atoms with Crippen LogP contribution in [0.25, 0.3) is 0 Å². The molecule has 3 aliphatic heterocycles. The highest BCUT2D eigenvalue weighted by atomic mass is 16.6. The van der Waals surface area contributed by atoms with Crippen molar-refractivity contribution in [1.82, 2.24) is 9.80 Å². The van der Waals surface area contributed by atoms with Crippen LogP contribution in [0, 0.1) is 17.8 Å². The van der Waals surface area contributed by atoms with Gasteiger partial charge in [-0.3, -0.25) is 14.4 Å². The lowest BCUT2D eigenvalue weighted by Crippen LogP contribution is -2.59. The van der Waals surface area contributed by atoms with E-state index < -0.39 is 41.6 Å². The molecule has 8 heteroatoms. The molecule has 3 aliphatic rings. The maximum absolute atomic E-state index is 14.4. The second kappa shape index (κ2) is 10.7. The number of amides is 2. The summed E-state index contributed by atoms with van der Waals surface area (Å²) in [6, 6.07) is 8.16. The number of fused-ring (bicyclic) bond motifs is 1. The highest BCUT2D eigenvalue weighted by Gasteiger charge is 2.75.